The van der Waals surface area contributed by atoms with Crippen molar-refractivity contribution in [1.29, 1.82) is 5.26 Å². The molecule has 0 fully saturated rings. The van der Waals surface area contributed by atoms with Crippen LogP contribution in [0.25, 0.3) is 0 Å². The Morgan fingerprint density at radius 2 is 1.55 bits per heavy atom. The minimum Gasteiger partial charge on any atom is -0.192 e. The van der Waals surface area contributed by atoms with Crippen molar-refractivity contribution in [3.63, 3.8) is 0 Å². The van der Waals surface area contributed by atoms with E-state index in [9.17, 15) is 13.2 Å². The summed E-state index contributed by atoms with van der Waals surface area (Å²) in [7, 11) is 0. The van der Waals surface area contributed by atoms with Crippen molar-refractivity contribution in [2.24, 2.45) is 0 Å². The summed E-state index contributed by atoms with van der Waals surface area (Å²) in [5, 5.41) is 7.97. The molecule has 2 rings (SSSR count). The molecule has 0 aliphatic rings. The molecule has 6 heteroatoms. The number of alkyl halides is 3. The van der Waals surface area contributed by atoms with E-state index in [0.717, 1.165) is 12.1 Å². The van der Waals surface area contributed by atoms with E-state index in [1.165, 1.54) is 6.07 Å². The summed E-state index contributed by atoms with van der Waals surface area (Å²) in [5.74, 6) is 0. The Kier molecular flexibility index (Phi) is 5.87. The fourth-order valence-corrected chi connectivity index (χ4v) is 1.62. The zero-order valence-electron chi connectivity index (χ0n) is 9.96. The SMILES string of the molecule is FC(F)(F)c1cc(Cl)ccc1Cl.N#Cc1ccccc1. The van der Waals surface area contributed by atoms with Crippen LogP contribution in [-0.4, -0.2) is 0 Å². The number of nitriles is 1. The lowest BCUT2D eigenvalue weighted by atomic mass is 10.2. The van der Waals surface area contributed by atoms with Crippen molar-refractivity contribution in [3.8, 4) is 6.07 Å². The van der Waals surface area contributed by atoms with Crippen LogP contribution >= 0.6 is 23.2 Å². The van der Waals surface area contributed by atoms with Gasteiger partial charge in [-0.25, -0.2) is 0 Å². The van der Waals surface area contributed by atoms with Gasteiger partial charge in [-0.2, -0.15) is 18.4 Å². The van der Waals surface area contributed by atoms with Crippen LogP contribution in [0, 0.1) is 11.3 Å². The molecule has 0 amide bonds. The van der Waals surface area contributed by atoms with E-state index in [1.54, 1.807) is 12.1 Å². The van der Waals surface area contributed by atoms with E-state index in [4.69, 9.17) is 28.5 Å². The molecule has 0 spiro atoms. The second-order valence-corrected chi connectivity index (χ2v) is 4.44. The van der Waals surface area contributed by atoms with Gasteiger partial charge in [0.05, 0.1) is 22.2 Å². The topological polar surface area (TPSA) is 23.8 Å². The molecule has 0 atom stereocenters. The molecule has 0 aliphatic heterocycles. The fraction of sp³-hybridized carbons (Fsp3) is 0.0714. The van der Waals surface area contributed by atoms with Gasteiger partial charge in [-0.15, -0.1) is 0 Å². The summed E-state index contributed by atoms with van der Waals surface area (Å²) in [6.07, 6.45) is -4.44. The van der Waals surface area contributed by atoms with Crippen LogP contribution in [0.2, 0.25) is 10.0 Å². The molecule has 104 valence electrons. The molecule has 0 heterocycles. The predicted octanol–water partition coefficient (Wildman–Crippen LogP) is 5.57. The maximum atomic E-state index is 12.1. The Bertz CT molecular complexity index is 604. The Hall–Kier alpha value is -1.70. The van der Waals surface area contributed by atoms with Gasteiger partial charge >= 0.3 is 6.18 Å². The van der Waals surface area contributed by atoms with Gasteiger partial charge in [0.2, 0.25) is 0 Å². The third-order valence-corrected chi connectivity index (χ3v) is 2.70. The summed E-state index contributed by atoms with van der Waals surface area (Å²) in [6.45, 7) is 0. The van der Waals surface area contributed by atoms with Crippen LogP contribution < -0.4 is 0 Å². The lowest BCUT2D eigenvalue weighted by molar-refractivity contribution is -0.137. The first kappa shape index (κ1) is 16.4. The zero-order valence-corrected chi connectivity index (χ0v) is 11.5. The Balaban J connectivity index is 0.000000217. The molecule has 0 radical (unpaired) electrons. The minimum atomic E-state index is -4.44. The van der Waals surface area contributed by atoms with E-state index < -0.39 is 11.7 Å². The molecule has 0 unspecified atom stereocenters. The smallest absolute Gasteiger partial charge is 0.192 e. The molecule has 2 aromatic carbocycles. The number of benzene rings is 2. The van der Waals surface area contributed by atoms with Crippen LogP contribution in [0.15, 0.2) is 48.5 Å². The minimum absolute atomic E-state index is 0.0201. The van der Waals surface area contributed by atoms with Gasteiger partial charge in [-0.3, -0.25) is 0 Å². The van der Waals surface area contributed by atoms with E-state index in [1.807, 2.05) is 24.3 Å². The summed E-state index contributed by atoms with van der Waals surface area (Å²) < 4.78 is 36.3. The predicted molar refractivity (Wildman–Crippen MR) is 72.6 cm³/mol. The number of nitrogens with zero attached hydrogens (tertiary/aromatic N) is 1. The van der Waals surface area contributed by atoms with Crippen LogP contribution in [0.4, 0.5) is 13.2 Å². The third-order valence-electron chi connectivity index (χ3n) is 2.14. The van der Waals surface area contributed by atoms with E-state index in [0.29, 0.717) is 5.56 Å². The summed E-state index contributed by atoms with van der Waals surface area (Å²) >= 11 is 10.7. The Morgan fingerprint density at radius 1 is 0.950 bits per heavy atom. The van der Waals surface area contributed by atoms with Crippen LogP contribution in [0.5, 0.6) is 0 Å². The summed E-state index contributed by atoms with van der Waals surface area (Å²) in [6, 6.07) is 14.4. The largest absolute Gasteiger partial charge is 0.417 e. The average Bonchev–Trinajstić information content (AvgIpc) is 2.42. The molecule has 0 saturated carbocycles. The molecular weight excluding hydrogens is 310 g/mol. The molecule has 0 aromatic heterocycles. The normalized spacial score (nSPS) is 10.2. The van der Waals surface area contributed by atoms with Crippen molar-refractivity contribution in [2.45, 2.75) is 6.18 Å². The van der Waals surface area contributed by atoms with Crippen molar-refractivity contribution in [3.05, 3.63) is 69.7 Å². The highest BCUT2D eigenvalue weighted by Crippen LogP contribution is 2.35. The van der Waals surface area contributed by atoms with Gasteiger partial charge in [0.25, 0.3) is 0 Å². The highest BCUT2D eigenvalue weighted by molar-refractivity contribution is 6.33. The highest BCUT2D eigenvalue weighted by Gasteiger charge is 2.33. The van der Waals surface area contributed by atoms with Crippen molar-refractivity contribution in [2.75, 3.05) is 0 Å². The molecule has 0 aliphatic carbocycles. The van der Waals surface area contributed by atoms with Gasteiger partial charge in [-0.05, 0) is 30.3 Å². The lowest BCUT2D eigenvalue weighted by Crippen LogP contribution is -2.05. The maximum absolute atomic E-state index is 12.1. The van der Waals surface area contributed by atoms with Crippen molar-refractivity contribution in [1.82, 2.24) is 0 Å². The van der Waals surface area contributed by atoms with Gasteiger partial charge in [0.15, 0.2) is 0 Å². The van der Waals surface area contributed by atoms with Crippen molar-refractivity contribution >= 4 is 23.2 Å². The Morgan fingerprint density at radius 3 is 1.95 bits per heavy atom. The second kappa shape index (κ2) is 7.18. The highest BCUT2D eigenvalue weighted by atomic mass is 35.5. The van der Waals surface area contributed by atoms with Gasteiger partial charge in [0, 0.05) is 5.02 Å². The number of hydrogen-bond acceptors (Lipinski definition) is 1. The lowest BCUT2D eigenvalue weighted by Gasteiger charge is -2.08. The number of halogens is 5. The molecule has 0 saturated heterocycles. The molecule has 2 aromatic rings. The molecule has 0 bridgehead atoms. The Labute approximate surface area is 124 Å². The van der Waals surface area contributed by atoms with Crippen molar-refractivity contribution < 1.29 is 13.2 Å². The standard InChI is InChI=1S/C7H3Cl2F3.C7H5N/c8-4-1-2-6(9)5(3-4)7(10,11)12;8-6-7-4-2-1-3-5-7/h1-3H;1-5H. The number of hydrogen-bond donors (Lipinski definition) is 0. The van der Waals surface area contributed by atoms with Gasteiger partial charge in [0.1, 0.15) is 0 Å². The number of rotatable bonds is 0. The van der Waals surface area contributed by atoms with E-state index >= 15 is 0 Å². The van der Waals surface area contributed by atoms with Gasteiger partial charge in [-0.1, -0.05) is 41.4 Å². The first-order valence-corrected chi connectivity index (χ1v) is 6.07. The third kappa shape index (κ3) is 5.12. The quantitative estimate of drug-likeness (QED) is 0.623. The maximum Gasteiger partial charge on any atom is 0.417 e. The first-order valence-electron chi connectivity index (χ1n) is 5.32. The molecular formula is C14H8Cl2F3N. The van der Waals surface area contributed by atoms with Gasteiger partial charge < -0.3 is 0 Å². The first-order chi connectivity index (χ1) is 9.34. The molecule has 20 heavy (non-hydrogen) atoms. The monoisotopic (exact) mass is 317 g/mol. The van der Waals surface area contributed by atoms with E-state index in [-0.39, 0.29) is 10.0 Å². The van der Waals surface area contributed by atoms with Crippen LogP contribution in [0.1, 0.15) is 11.1 Å². The zero-order chi connectivity index (χ0) is 15.2. The average molecular weight is 318 g/mol. The summed E-state index contributed by atoms with van der Waals surface area (Å²) in [5.41, 5.74) is -0.191. The van der Waals surface area contributed by atoms with Crippen LogP contribution in [-0.2, 0) is 6.18 Å². The van der Waals surface area contributed by atoms with E-state index in [2.05, 4.69) is 0 Å². The fourth-order valence-electron chi connectivity index (χ4n) is 1.23. The van der Waals surface area contributed by atoms with Crippen LogP contribution in [0.3, 0.4) is 0 Å². The summed E-state index contributed by atoms with van der Waals surface area (Å²) in [4.78, 5) is 0. The molecule has 0 N–H and O–H groups in total. The molecule has 1 nitrogen and oxygen atoms in total. The second-order valence-electron chi connectivity index (χ2n) is 3.60.